The van der Waals surface area contributed by atoms with Crippen molar-refractivity contribution >= 4 is 28.4 Å². The monoisotopic (exact) mass is 462 g/mol. The fraction of sp³-hybridized carbons (Fsp3) is 0.483. The van der Waals surface area contributed by atoms with Gasteiger partial charge in [-0.1, -0.05) is 69.6 Å². The Labute approximate surface area is 202 Å². The zero-order valence-corrected chi connectivity index (χ0v) is 21.0. The van der Waals surface area contributed by atoms with Crippen molar-refractivity contribution in [3.8, 4) is 0 Å². The lowest BCUT2D eigenvalue weighted by molar-refractivity contribution is -0.132. The molecule has 0 spiro atoms. The van der Waals surface area contributed by atoms with Gasteiger partial charge in [-0.3, -0.25) is 4.79 Å². The van der Waals surface area contributed by atoms with Crippen molar-refractivity contribution in [1.82, 2.24) is 9.88 Å². The van der Waals surface area contributed by atoms with E-state index in [2.05, 4.69) is 68.0 Å². The Morgan fingerprint density at radius 1 is 1.18 bits per heavy atom. The predicted octanol–water partition coefficient (Wildman–Crippen LogP) is 7.33. The molecule has 1 saturated heterocycles. The smallest absolute Gasteiger partial charge is 0.223 e. The number of likely N-dealkylation sites (tertiary alicyclic amines) is 1. The summed E-state index contributed by atoms with van der Waals surface area (Å²) in [7, 11) is 0. The fourth-order valence-corrected chi connectivity index (χ4v) is 7.19. The average Bonchev–Trinajstić information content (AvgIpc) is 3.29. The van der Waals surface area contributed by atoms with Crippen LogP contribution in [0.25, 0.3) is 10.9 Å². The largest absolute Gasteiger partial charge is 0.361 e. The number of halogens is 1. The third-order valence-corrected chi connectivity index (χ3v) is 8.19. The first-order chi connectivity index (χ1) is 15.7. The minimum absolute atomic E-state index is 0.0293. The van der Waals surface area contributed by atoms with Crippen LogP contribution in [-0.2, 0) is 11.2 Å². The molecule has 1 N–H and O–H groups in total. The van der Waals surface area contributed by atoms with E-state index in [4.69, 9.17) is 11.6 Å². The lowest BCUT2D eigenvalue weighted by Gasteiger charge is -2.39. The Hall–Kier alpha value is -2.26. The number of hydrogen-bond acceptors (Lipinski definition) is 1. The van der Waals surface area contributed by atoms with Crippen LogP contribution in [0.5, 0.6) is 0 Å². The van der Waals surface area contributed by atoms with Gasteiger partial charge in [0.05, 0.1) is 0 Å². The van der Waals surface area contributed by atoms with Crippen molar-refractivity contribution in [3.63, 3.8) is 0 Å². The molecule has 2 bridgehead atoms. The highest BCUT2D eigenvalue weighted by Gasteiger charge is 2.51. The summed E-state index contributed by atoms with van der Waals surface area (Å²) in [6, 6.07) is 14.9. The van der Waals surface area contributed by atoms with Gasteiger partial charge in [-0.2, -0.15) is 0 Å². The molecule has 2 aliphatic rings. The van der Waals surface area contributed by atoms with Crippen LogP contribution in [0.15, 0.2) is 48.7 Å². The van der Waals surface area contributed by atoms with Gasteiger partial charge in [-0.05, 0) is 65.3 Å². The first-order valence-electron chi connectivity index (χ1n) is 12.3. The number of benzene rings is 2. The van der Waals surface area contributed by atoms with Gasteiger partial charge in [0, 0.05) is 47.0 Å². The van der Waals surface area contributed by atoms with Crippen LogP contribution in [0.4, 0.5) is 0 Å². The number of para-hydroxylation sites is 1. The summed E-state index contributed by atoms with van der Waals surface area (Å²) in [6.07, 6.45) is 6.98. The number of carbonyl (C=O) groups excluding carboxylic acids is 1. The molecule has 5 rings (SSSR count). The second kappa shape index (κ2) is 8.20. The van der Waals surface area contributed by atoms with Crippen molar-refractivity contribution in [3.05, 3.63) is 70.4 Å². The number of amides is 1. The van der Waals surface area contributed by atoms with Gasteiger partial charge in [0.2, 0.25) is 5.91 Å². The van der Waals surface area contributed by atoms with Gasteiger partial charge < -0.3 is 9.88 Å². The number of aromatic amines is 1. The lowest BCUT2D eigenvalue weighted by atomic mass is 9.65. The first-order valence-corrected chi connectivity index (χ1v) is 12.7. The van der Waals surface area contributed by atoms with Crippen LogP contribution in [0.3, 0.4) is 0 Å². The molecule has 3 atom stereocenters. The molecule has 4 heteroatoms. The summed E-state index contributed by atoms with van der Waals surface area (Å²) in [4.78, 5) is 19.6. The van der Waals surface area contributed by atoms with E-state index in [-0.39, 0.29) is 17.2 Å². The Morgan fingerprint density at radius 3 is 2.73 bits per heavy atom. The van der Waals surface area contributed by atoms with E-state index in [0.29, 0.717) is 22.9 Å². The van der Waals surface area contributed by atoms with Crippen molar-refractivity contribution in [2.75, 3.05) is 6.54 Å². The normalized spacial score (nSPS) is 24.9. The maximum Gasteiger partial charge on any atom is 0.223 e. The summed E-state index contributed by atoms with van der Waals surface area (Å²) < 4.78 is 0. The Bertz CT molecular complexity index is 1200. The van der Waals surface area contributed by atoms with Crippen molar-refractivity contribution < 1.29 is 4.79 Å². The van der Waals surface area contributed by atoms with E-state index < -0.39 is 0 Å². The minimum atomic E-state index is -0.0293. The number of carbonyl (C=O) groups is 1. The van der Waals surface area contributed by atoms with E-state index in [1.54, 1.807) is 0 Å². The maximum absolute atomic E-state index is 13.8. The Kier molecular flexibility index (Phi) is 5.60. The second-order valence-corrected chi connectivity index (χ2v) is 11.9. The molecule has 2 aromatic carbocycles. The zero-order chi connectivity index (χ0) is 23.4. The molecule has 1 amide bonds. The number of nitrogens with one attached hydrogen (secondary N) is 1. The van der Waals surface area contributed by atoms with Gasteiger partial charge in [-0.25, -0.2) is 0 Å². The topological polar surface area (TPSA) is 36.1 Å². The number of nitrogens with zero attached hydrogens (tertiary/aromatic N) is 1. The average molecular weight is 463 g/mol. The number of hydrogen-bond donors (Lipinski definition) is 1. The van der Waals surface area contributed by atoms with Crippen molar-refractivity contribution in [1.29, 1.82) is 0 Å². The molecule has 0 radical (unpaired) electrons. The summed E-state index contributed by atoms with van der Waals surface area (Å²) in [6.45, 7) is 10.2. The zero-order valence-electron chi connectivity index (χ0n) is 20.2. The van der Waals surface area contributed by atoms with Crippen LogP contribution < -0.4 is 0 Å². The van der Waals surface area contributed by atoms with Crippen molar-refractivity contribution in [2.45, 2.75) is 71.8 Å². The quantitative estimate of drug-likeness (QED) is 0.423. The predicted molar refractivity (Wildman–Crippen MR) is 137 cm³/mol. The highest BCUT2D eigenvalue weighted by atomic mass is 35.5. The molecule has 174 valence electrons. The van der Waals surface area contributed by atoms with Gasteiger partial charge in [0.25, 0.3) is 0 Å². The summed E-state index contributed by atoms with van der Waals surface area (Å²) in [5.74, 6) is 0.241. The first kappa shape index (κ1) is 22.5. The highest BCUT2D eigenvalue weighted by Crippen LogP contribution is 2.53. The summed E-state index contributed by atoms with van der Waals surface area (Å²) in [5.41, 5.74) is 5.31. The fourth-order valence-electron chi connectivity index (χ4n) is 7.00. The standard InChI is InChI=1S/C29H35ClN2O/c1-5-19-8-7-11-23-25(16-31-27(19)23)24(20-9-6-10-21(30)12-20)13-26(33)32-18-29(4)15-22(32)14-28(2,3)17-29/h6-12,16,22,24,31H,5,13-15,17-18H2,1-4H3. The lowest BCUT2D eigenvalue weighted by Crippen LogP contribution is -2.38. The molecule has 33 heavy (non-hydrogen) atoms. The van der Waals surface area contributed by atoms with Gasteiger partial charge in [0.15, 0.2) is 0 Å². The minimum Gasteiger partial charge on any atom is -0.361 e. The molecule has 1 aromatic heterocycles. The molecule has 3 aromatic rings. The van der Waals surface area contributed by atoms with E-state index in [9.17, 15) is 4.79 Å². The van der Waals surface area contributed by atoms with Crippen LogP contribution in [0.1, 0.15) is 76.0 Å². The molecule has 3 nitrogen and oxygen atoms in total. The summed E-state index contributed by atoms with van der Waals surface area (Å²) >= 11 is 6.40. The number of aromatic nitrogens is 1. The number of H-pyrrole nitrogens is 1. The van der Waals surface area contributed by atoms with Crippen LogP contribution in [-0.4, -0.2) is 28.4 Å². The molecule has 2 heterocycles. The van der Waals surface area contributed by atoms with E-state index >= 15 is 0 Å². The Morgan fingerprint density at radius 2 is 1.97 bits per heavy atom. The number of fused-ring (bicyclic) bond motifs is 3. The van der Waals surface area contributed by atoms with Crippen molar-refractivity contribution in [2.24, 2.45) is 10.8 Å². The number of aryl methyl sites for hydroxylation is 1. The molecular weight excluding hydrogens is 428 g/mol. The highest BCUT2D eigenvalue weighted by molar-refractivity contribution is 6.30. The third kappa shape index (κ3) is 4.21. The molecule has 1 saturated carbocycles. The molecule has 3 unspecified atom stereocenters. The molecule has 1 aliphatic carbocycles. The van der Waals surface area contributed by atoms with E-state index in [0.717, 1.165) is 31.4 Å². The third-order valence-electron chi connectivity index (χ3n) is 7.96. The molecular formula is C29H35ClN2O. The Balaban J connectivity index is 1.51. The van der Waals surface area contributed by atoms with Gasteiger partial charge in [-0.15, -0.1) is 0 Å². The second-order valence-electron chi connectivity index (χ2n) is 11.5. The van der Waals surface area contributed by atoms with E-state index in [1.165, 1.54) is 28.5 Å². The SMILES string of the molecule is CCc1cccc2c(C(CC(=O)N3CC4(C)CC3CC(C)(C)C4)c3cccc(Cl)c3)c[nH]c12. The van der Waals surface area contributed by atoms with Crippen LogP contribution >= 0.6 is 11.6 Å². The van der Waals surface area contributed by atoms with Gasteiger partial charge >= 0.3 is 0 Å². The van der Waals surface area contributed by atoms with Crippen LogP contribution in [0.2, 0.25) is 5.02 Å². The maximum atomic E-state index is 13.8. The summed E-state index contributed by atoms with van der Waals surface area (Å²) in [5, 5.41) is 1.92. The number of rotatable bonds is 5. The van der Waals surface area contributed by atoms with Crippen LogP contribution in [0, 0.1) is 10.8 Å². The van der Waals surface area contributed by atoms with Gasteiger partial charge in [0.1, 0.15) is 0 Å². The van der Waals surface area contributed by atoms with E-state index in [1.807, 2.05) is 18.2 Å². The molecule has 2 fully saturated rings. The molecule has 1 aliphatic heterocycles.